The lowest BCUT2D eigenvalue weighted by atomic mass is 10.0. The highest BCUT2D eigenvalue weighted by Crippen LogP contribution is 2.34. The Morgan fingerprint density at radius 2 is 1.96 bits per heavy atom. The molecule has 0 saturated carbocycles. The summed E-state index contributed by atoms with van der Waals surface area (Å²) in [6, 6.07) is 9.06. The number of sulfonamides is 1. The summed E-state index contributed by atoms with van der Waals surface area (Å²) in [4.78, 5) is 14.0. The monoisotopic (exact) mass is 456 g/mol. The molecular formula is C17H17BrN2O4S2. The molecule has 1 aromatic heterocycles. The summed E-state index contributed by atoms with van der Waals surface area (Å²) in [6.07, 6.45) is 0.795. The molecule has 2 aliphatic heterocycles. The molecule has 1 saturated heterocycles. The summed E-state index contributed by atoms with van der Waals surface area (Å²) in [5, 5.41) is 1.76. The molecule has 4 rings (SSSR count). The van der Waals surface area contributed by atoms with Crippen LogP contribution in [0.5, 0.6) is 0 Å². The minimum absolute atomic E-state index is 0.0717. The Morgan fingerprint density at radius 1 is 1.19 bits per heavy atom. The highest BCUT2D eigenvalue weighted by Gasteiger charge is 2.37. The van der Waals surface area contributed by atoms with Crippen molar-refractivity contribution in [3.63, 3.8) is 0 Å². The van der Waals surface area contributed by atoms with Gasteiger partial charge in [-0.3, -0.25) is 4.90 Å². The molecule has 138 valence electrons. The van der Waals surface area contributed by atoms with Crippen LogP contribution in [0.2, 0.25) is 0 Å². The lowest BCUT2D eigenvalue weighted by molar-refractivity contribution is 0.135. The minimum atomic E-state index is -3.44. The second-order valence-corrected chi connectivity index (χ2v) is 10.3. The van der Waals surface area contributed by atoms with Gasteiger partial charge in [0, 0.05) is 29.2 Å². The fraction of sp³-hybridized carbons (Fsp3) is 0.353. The molecule has 3 heterocycles. The normalized spacial score (nSPS) is 19.3. The number of thiophene rings is 1. The number of rotatable bonds is 3. The standard InChI is InChI=1S/C17H17BrN2O4S2/c18-13-3-4-15-12(10-13)11-24-17(21)20(15)14-5-7-19(8-6-14)26(22,23)16-2-1-9-25-16/h1-4,9-10,14H,5-8,11H2. The van der Waals surface area contributed by atoms with Crippen LogP contribution in [0, 0.1) is 0 Å². The Hall–Kier alpha value is -1.42. The Labute approximate surface area is 164 Å². The van der Waals surface area contributed by atoms with Gasteiger partial charge in [0.1, 0.15) is 10.8 Å². The third kappa shape index (κ3) is 3.17. The predicted molar refractivity (Wildman–Crippen MR) is 103 cm³/mol. The number of benzene rings is 1. The van der Waals surface area contributed by atoms with Crippen molar-refractivity contribution < 1.29 is 17.9 Å². The molecule has 1 fully saturated rings. The van der Waals surface area contributed by atoms with Crippen LogP contribution in [-0.4, -0.2) is 37.9 Å². The first-order chi connectivity index (χ1) is 12.5. The average Bonchev–Trinajstić information content (AvgIpc) is 3.17. The van der Waals surface area contributed by atoms with Gasteiger partial charge in [0.05, 0.1) is 5.69 Å². The van der Waals surface area contributed by atoms with Gasteiger partial charge in [-0.2, -0.15) is 4.31 Å². The van der Waals surface area contributed by atoms with Gasteiger partial charge in [-0.1, -0.05) is 22.0 Å². The largest absolute Gasteiger partial charge is 0.444 e. The zero-order valence-electron chi connectivity index (χ0n) is 13.8. The Kier molecular flexibility index (Phi) is 4.81. The van der Waals surface area contributed by atoms with Crippen LogP contribution in [0.1, 0.15) is 18.4 Å². The molecule has 9 heteroatoms. The van der Waals surface area contributed by atoms with Crippen LogP contribution in [0.3, 0.4) is 0 Å². The zero-order valence-corrected chi connectivity index (χ0v) is 17.0. The number of halogens is 1. The number of carbonyl (C=O) groups is 1. The van der Waals surface area contributed by atoms with E-state index in [0.29, 0.717) is 30.1 Å². The maximum absolute atomic E-state index is 12.7. The summed E-state index contributed by atoms with van der Waals surface area (Å²) in [5.74, 6) is 0. The molecule has 26 heavy (non-hydrogen) atoms. The number of piperidine rings is 1. The van der Waals surface area contributed by atoms with Crippen molar-refractivity contribution in [3.8, 4) is 0 Å². The van der Waals surface area contributed by atoms with Crippen molar-refractivity contribution in [2.45, 2.75) is 29.7 Å². The fourth-order valence-corrected chi connectivity index (χ4v) is 6.46. The molecule has 0 atom stereocenters. The lowest BCUT2D eigenvalue weighted by Gasteiger charge is -2.39. The molecule has 6 nitrogen and oxygen atoms in total. The van der Waals surface area contributed by atoms with E-state index in [1.165, 1.54) is 15.6 Å². The summed E-state index contributed by atoms with van der Waals surface area (Å²) < 4.78 is 33.4. The fourth-order valence-electron chi connectivity index (χ4n) is 3.44. The first-order valence-electron chi connectivity index (χ1n) is 8.25. The SMILES string of the molecule is O=C1OCc2cc(Br)ccc2N1C1CCN(S(=O)(=O)c2cccs2)CC1. The van der Waals surface area contributed by atoms with Crippen molar-refractivity contribution in [1.82, 2.24) is 4.31 Å². The molecule has 2 aromatic rings. The van der Waals surface area contributed by atoms with E-state index in [-0.39, 0.29) is 18.7 Å². The van der Waals surface area contributed by atoms with Crippen LogP contribution >= 0.6 is 27.3 Å². The number of anilines is 1. The summed E-state index contributed by atoms with van der Waals surface area (Å²) in [7, 11) is -3.44. The van der Waals surface area contributed by atoms with E-state index in [0.717, 1.165) is 15.7 Å². The van der Waals surface area contributed by atoms with Gasteiger partial charge in [-0.25, -0.2) is 13.2 Å². The van der Waals surface area contributed by atoms with E-state index in [4.69, 9.17) is 4.74 Å². The van der Waals surface area contributed by atoms with Crippen molar-refractivity contribution in [2.75, 3.05) is 18.0 Å². The van der Waals surface area contributed by atoms with Crippen molar-refractivity contribution >= 4 is 49.1 Å². The maximum Gasteiger partial charge on any atom is 0.414 e. The molecule has 0 bridgehead atoms. The Balaban J connectivity index is 1.53. The first kappa shape index (κ1) is 18.0. The highest BCUT2D eigenvalue weighted by molar-refractivity contribution is 9.10. The number of amides is 1. The summed E-state index contributed by atoms with van der Waals surface area (Å²) in [6.45, 7) is 1.04. The highest BCUT2D eigenvalue weighted by atomic mass is 79.9. The van der Waals surface area contributed by atoms with Crippen molar-refractivity contribution in [1.29, 1.82) is 0 Å². The third-order valence-electron chi connectivity index (χ3n) is 4.73. The number of nitrogens with zero attached hydrogens (tertiary/aromatic N) is 2. The van der Waals surface area contributed by atoms with Crippen LogP contribution in [0.25, 0.3) is 0 Å². The van der Waals surface area contributed by atoms with Gasteiger partial charge in [-0.05, 0) is 42.5 Å². The van der Waals surface area contributed by atoms with Gasteiger partial charge in [-0.15, -0.1) is 11.3 Å². The lowest BCUT2D eigenvalue weighted by Crippen LogP contribution is -2.50. The second-order valence-electron chi connectivity index (χ2n) is 6.26. The van der Waals surface area contributed by atoms with Crippen LogP contribution in [0.15, 0.2) is 44.4 Å². The molecule has 0 unspecified atom stereocenters. The topological polar surface area (TPSA) is 66.9 Å². The van der Waals surface area contributed by atoms with E-state index < -0.39 is 10.0 Å². The molecule has 0 radical (unpaired) electrons. The first-order valence-corrected chi connectivity index (χ1v) is 11.4. The van der Waals surface area contributed by atoms with Crippen LogP contribution in [0.4, 0.5) is 10.5 Å². The van der Waals surface area contributed by atoms with E-state index in [1.807, 2.05) is 18.2 Å². The van der Waals surface area contributed by atoms with Gasteiger partial charge < -0.3 is 4.74 Å². The van der Waals surface area contributed by atoms with E-state index in [9.17, 15) is 13.2 Å². The maximum atomic E-state index is 12.7. The molecule has 1 amide bonds. The van der Waals surface area contributed by atoms with E-state index >= 15 is 0 Å². The number of fused-ring (bicyclic) bond motifs is 1. The molecule has 0 spiro atoms. The van der Waals surface area contributed by atoms with Crippen molar-refractivity contribution in [2.24, 2.45) is 0 Å². The number of hydrogen-bond acceptors (Lipinski definition) is 5. The number of hydrogen-bond donors (Lipinski definition) is 0. The molecule has 1 aromatic carbocycles. The third-order valence-corrected chi connectivity index (χ3v) is 8.49. The van der Waals surface area contributed by atoms with Crippen molar-refractivity contribution in [3.05, 3.63) is 45.7 Å². The predicted octanol–water partition coefficient (Wildman–Crippen LogP) is 3.82. The summed E-state index contributed by atoms with van der Waals surface area (Å²) in [5.41, 5.74) is 1.80. The minimum Gasteiger partial charge on any atom is -0.444 e. The Bertz CT molecular complexity index is 922. The van der Waals surface area contributed by atoms with Gasteiger partial charge >= 0.3 is 6.09 Å². The average molecular weight is 457 g/mol. The quantitative estimate of drug-likeness (QED) is 0.703. The van der Waals surface area contributed by atoms with Crippen LogP contribution in [-0.2, 0) is 21.4 Å². The van der Waals surface area contributed by atoms with E-state index in [2.05, 4.69) is 15.9 Å². The summed E-state index contributed by atoms with van der Waals surface area (Å²) >= 11 is 4.66. The van der Waals surface area contributed by atoms with Gasteiger partial charge in [0.15, 0.2) is 0 Å². The molecule has 2 aliphatic rings. The molecule has 0 N–H and O–H groups in total. The smallest absolute Gasteiger partial charge is 0.414 e. The second kappa shape index (κ2) is 6.95. The number of ether oxygens (including phenoxy) is 1. The zero-order chi connectivity index (χ0) is 18.3. The number of carbonyl (C=O) groups excluding carboxylic acids is 1. The number of cyclic esters (lactones) is 1. The molecule has 0 aliphatic carbocycles. The van der Waals surface area contributed by atoms with Crippen LogP contribution < -0.4 is 4.90 Å². The van der Waals surface area contributed by atoms with Gasteiger partial charge in [0.25, 0.3) is 10.0 Å². The Morgan fingerprint density at radius 3 is 2.65 bits per heavy atom. The van der Waals surface area contributed by atoms with Gasteiger partial charge in [0.2, 0.25) is 0 Å². The molecular weight excluding hydrogens is 440 g/mol. The van der Waals surface area contributed by atoms with E-state index in [1.54, 1.807) is 22.4 Å².